The van der Waals surface area contributed by atoms with E-state index in [2.05, 4.69) is 19.2 Å². The lowest BCUT2D eigenvalue weighted by atomic mass is 9.82. The van der Waals surface area contributed by atoms with Crippen molar-refractivity contribution in [1.82, 2.24) is 4.90 Å². The fourth-order valence-electron chi connectivity index (χ4n) is 6.11. The molecule has 9 heteroatoms. The van der Waals surface area contributed by atoms with Gasteiger partial charge in [-0.2, -0.15) is 0 Å². The van der Waals surface area contributed by atoms with Crippen LogP contribution in [-0.4, -0.2) is 66.5 Å². The van der Waals surface area contributed by atoms with Crippen molar-refractivity contribution < 1.29 is 34.0 Å². The summed E-state index contributed by atoms with van der Waals surface area (Å²) in [6.07, 6.45) is 1.57. The molecule has 3 aromatic carbocycles. The Balaban J connectivity index is 1.48. The van der Waals surface area contributed by atoms with Gasteiger partial charge in [-0.15, -0.1) is 0 Å². The molecule has 5 rings (SSSR count). The van der Waals surface area contributed by atoms with Crippen molar-refractivity contribution in [2.45, 2.75) is 38.6 Å². The van der Waals surface area contributed by atoms with E-state index < -0.39 is 23.8 Å². The molecule has 2 heterocycles. The van der Waals surface area contributed by atoms with E-state index in [9.17, 15) is 14.7 Å². The summed E-state index contributed by atoms with van der Waals surface area (Å²) in [7, 11) is 0. The average Bonchev–Trinajstić information content (AvgIpc) is 3.39. The zero-order valence-corrected chi connectivity index (χ0v) is 24.0. The van der Waals surface area contributed by atoms with Gasteiger partial charge in [0.15, 0.2) is 11.5 Å². The summed E-state index contributed by atoms with van der Waals surface area (Å²) in [5.41, 5.74) is 4.57. The molecule has 2 aliphatic heterocycles. The molecule has 2 aliphatic rings. The molecule has 1 fully saturated rings. The van der Waals surface area contributed by atoms with Crippen LogP contribution in [-0.2, 0) is 22.4 Å². The summed E-state index contributed by atoms with van der Waals surface area (Å²) in [4.78, 5) is 28.5. The number of amides is 1. The summed E-state index contributed by atoms with van der Waals surface area (Å²) in [6.45, 7) is 5.48. The van der Waals surface area contributed by atoms with Gasteiger partial charge in [-0.25, -0.2) is 0 Å². The van der Waals surface area contributed by atoms with E-state index in [0.29, 0.717) is 37.0 Å². The number of rotatable bonds is 11. The number of carbonyl (C=O) groups excluding carboxylic acids is 1. The maximum absolute atomic E-state index is 13.6. The minimum Gasteiger partial charge on any atom is -0.491 e. The Bertz CT molecular complexity index is 1390. The Hall–Kier alpha value is -4.08. The molecule has 1 saturated heterocycles. The maximum atomic E-state index is 13.6. The Morgan fingerprint density at radius 3 is 2.26 bits per heavy atom. The van der Waals surface area contributed by atoms with Crippen LogP contribution in [0.1, 0.15) is 48.1 Å². The van der Waals surface area contributed by atoms with Crippen LogP contribution >= 0.6 is 0 Å². The standard InChI is InChI=1S/C33H38N2O7/c1-3-21-6-5-7-22(4-2)31(21)34-29(37)20-35-19-26(24-10-13-27-28(18-24)42-17-16-41-27)30(33(38)39)32(35)23-8-11-25(12-9-23)40-15-14-36/h5-13,18,26,30,32,36H,3-4,14-17,19-20H2,1-2H3,(H,34,37)(H,38,39)/t26-,30?,32+/m1/s1. The van der Waals surface area contributed by atoms with Crippen LogP contribution in [0, 0.1) is 5.92 Å². The van der Waals surface area contributed by atoms with Crippen LogP contribution in [0.3, 0.4) is 0 Å². The lowest BCUT2D eigenvalue weighted by molar-refractivity contribution is -0.143. The zero-order chi connectivity index (χ0) is 29.6. The highest BCUT2D eigenvalue weighted by Gasteiger charge is 2.48. The van der Waals surface area contributed by atoms with Gasteiger partial charge in [0, 0.05) is 24.2 Å². The molecule has 0 spiro atoms. The van der Waals surface area contributed by atoms with Crippen molar-refractivity contribution in [3.05, 3.63) is 82.9 Å². The van der Waals surface area contributed by atoms with Gasteiger partial charge >= 0.3 is 5.97 Å². The minimum absolute atomic E-state index is 0.0272. The summed E-state index contributed by atoms with van der Waals surface area (Å²) >= 11 is 0. The number of carboxylic acids is 1. The largest absolute Gasteiger partial charge is 0.491 e. The molecule has 42 heavy (non-hydrogen) atoms. The SMILES string of the molecule is CCc1cccc(CC)c1NC(=O)CN1C[C@H](c2ccc3c(c2)OCCO3)C(C(=O)O)[C@@H]1c1ccc(OCCO)cc1. The van der Waals surface area contributed by atoms with Crippen LogP contribution in [0.5, 0.6) is 17.2 Å². The van der Waals surface area contributed by atoms with Crippen molar-refractivity contribution in [2.24, 2.45) is 5.92 Å². The zero-order valence-electron chi connectivity index (χ0n) is 24.0. The monoisotopic (exact) mass is 574 g/mol. The van der Waals surface area contributed by atoms with Crippen molar-refractivity contribution in [1.29, 1.82) is 0 Å². The number of benzene rings is 3. The highest BCUT2D eigenvalue weighted by molar-refractivity contribution is 5.94. The molecule has 0 bridgehead atoms. The van der Waals surface area contributed by atoms with E-state index in [1.807, 2.05) is 53.4 Å². The third-order valence-corrected chi connectivity index (χ3v) is 8.07. The number of hydrogen-bond acceptors (Lipinski definition) is 7. The predicted molar refractivity (Wildman–Crippen MR) is 158 cm³/mol. The van der Waals surface area contributed by atoms with E-state index in [1.54, 1.807) is 12.1 Å². The molecule has 0 aliphatic carbocycles. The van der Waals surface area contributed by atoms with Crippen LogP contribution in [0.15, 0.2) is 60.7 Å². The number of nitrogens with zero attached hydrogens (tertiary/aromatic N) is 1. The summed E-state index contributed by atoms with van der Waals surface area (Å²) < 4.78 is 17.0. The number of ether oxygens (including phenoxy) is 3. The van der Waals surface area contributed by atoms with E-state index in [0.717, 1.165) is 40.8 Å². The number of aliphatic carboxylic acids is 1. The van der Waals surface area contributed by atoms with E-state index >= 15 is 0 Å². The fraction of sp³-hybridized carbons (Fsp3) is 0.394. The van der Waals surface area contributed by atoms with Gasteiger partial charge in [-0.05, 0) is 59.4 Å². The van der Waals surface area contributed by atoms with Crippen molar-refractivity contribution in [3.8, 4) is 17.2 Å². The second kappa shape index (κ2) is 13.3. The number of carbonyl (C=O) groups is 2. The maximum Gasteiger partial charge on any atom is 0.309 e. The van der Waals surface area contributed by atoms with Crippen molar-refractivity contribution in [2.75, 3.05) is 44.8 Å². The van der Waals surface area contributed by atoms with Gasteiger partial charge in [-0.1, -0.05) is 50.2 Å². The third kappa shape index (κ3) is 6.22. The second-order valence-electron chi connectivity index (χ2n) is 10.6. The molecular weight excluding hydrogens is 536 g/mol. The quantitative estimate of drug-likeness (QED) is 0.308. The Morgan fingerprint density at radius 1 is 0.952 bits per heavy atom. The molecule has 0 aromatic heterocycles. The normalized spacial score (nSPS) is 19.8. The van der Waals surface area contributed by atoms with E-state index in [1.165, 1.54) is 0 Å². The van der Waals surface area contributed by atoms with E-state index in [4.69, 9.17) is 19.3 Å². The second-order valence-corrected chi connectivity index (χ2v) is 10.6. The Morgan fingerprint density at radius 2 is 1.62 bits per heavy atom. The number of aryl methyl sites for hydroxylation is 2. The Kier molecular flexibility index (Phi) is 9.29. The molecule has 0 saturated carbocycles. The number of hydrogen-bond donors (Lipinski definition) is 3. The van der Waals surface area contributed by atoms with Gasteiger partial charge in [0.25, 0.3) is 0 Å². The molecular formula is C33H38N2O7. The minimum atomic E-state index is -0.937. The smallest absolute Gasteiger partial charge is 0.309 e. The molecule has 1 unspecified atom stereocenters. The first-order valence-electron chi connectivity index (χ1n) is 14.5. The number of anilines is 1. The topological polar surface area (TPSA) is 118 Å². The van der Waals surface area contributed by atoms with Gasteiger partial charge in [0.05, 0.1) is 19.1 Å². The first-order chi connectivity index (χ1) is 20.4. The highest BCUT2D eigenvalue weighted by Crippen LogP contribution is 2.47. The number of likely N-dealkylation sites (tertiary alicyclic amines) is 1. The molecule has 1 amide bonds. The number of carboxylic acid groups (broad SMARTS) is 1. The average molecular weight is 575 g/mol. The van der Waals surface area contributed by atoms with Gasteiger partial charge in [0.1, 0.15) is 25.6 Å². The fourth-order valence-corrected chi connectivity index (χ4v) is 6.11. The van der Waals surface area contributed by atoms with Crippen molar-refractivity contribution in [3.63, 3.8) is 0 Å². The van der Waals surface area contributed by atoms with Crippen molar-refractivity contribution >= 4 is 17.6 Å². The van der Waals surface area contributed by atoms with E-state index in [-0.39, 0.29) is 25.7 Å². The summed E-state index contributed by atoms with van der Waals surface area (Å²) in [5.74, 6) is -0.520. The number of nitrogens with one attached hydrogen (secondary N) is 1. The number of fused-ring (bicyclic) bond motifs is 1. The van der Waals surface area contributed by atoms with Gasteiger partial charge in [-0.3, -0.25) is 14.5 Å². The lowest BCUT2D eigenvalue weighted by Crippen LogP contribution is -2.35. The molecule has 3 N–H and O–H groups in total. The number of para-hydroxylation sites is 1. The third-order valence-electron chi connectivity index (χ3n) is 8.07. The van der Waals surface area contributed by atoms with Crippen LogP contribution < -0.4 is 19.5 Å². The molecule has 222 valence electrons. The molecule has 9 nitrogen and oxygen atoms in total. The summed E-state index contributed by atoms with van der Waals surface area (Å²) in [5, 5.41) is 22.8. The van der Waals surface area contributed by atoms with Crippen LogP contribution in [0.2, 0.25) is 0 Å². The molecule has 3 atom stereocenters. The van der Waals surface area contributed by atoms with Crippen LogP contribution in [0.25, 0.3) is 0 Å². The summed E-state index contributed by atoms with van der Waals surface area (Å²) in [6, 6.07) is 18.3. The van der Waals surface area contributed by atoms with Gasteiger partial charge in [0.2, 0.25) is 5.91 Å². The first-order valence-corrected chi connectivity index (χ1v) is 14.5. The lowest BCUT2D eigenvalue weighted by Gasteiger charge is -2.27. The highest BCUT2D eigenvalue weighted by atomic mass is 16.6. The van der Waals surface area contributed by atoms with Gasteiger partial charge < -0.3 is 29.7 Å². The number of aliphatic hydroxyl groups excluding tert-OH is 1. The predicted octanol–water partition coefficient (Wildman–Crippen LogP) is 4.43. The Labute approximate surface area is 246 Å². The number of aliphatic hydroxyl groups is 1. The van der Waals surface area contributed by atoms with Crippen LogP contribution in [0.4, 0.5) is 5.69 Å². The first kappa shape index (κ1) is 29.4. The molecule has 3 aromatic rings. The molecule has 0 radical (unpaired) electrons.